The Balaban J connectivity index is 1.32. The number of carbonyl (C=O) groups is 3. The summed E-state index contributed by atoms with van der Waals surface area (Å²) in [4.78, 5) is 48.8. The van der Waals surface area contributed by atoms with E-state index < -0.39 is 11.5 Å². The van der Waals surface area contributed by atoms with Crippen molar-refractivity contribution in [3.05, 3.63) is 98.7 Å². The molecule has 0 bridgehead atoms. The molecule has 0 atom stereocenters. The summed E-state index contributed by atoms with van der Waals surface area (Å²) in [6, 6.07) is 15.9. The second-order valence-electron chi connectivity index (χ2n) is 7.15. The molecule has 172 valence electrons. The van der Waals surface area contributed by atoms with Crippen LogP contribution in [0.2, 0.25) is 0 Å². The second kappa shape index (κ2) is 10.2. The van der Waals surface area contributed by atoms with E-state index in [1.54, 1.807) is 42.5 Å². The molecule has 0 fully saturated rings. The van der Waals surface area contributed by atoms with E-state index >= 15 is 0 Å². The summed E-state index contributed by atoms with van der Waals surface area (Å²) in [6.45, 7) is 0.446. The topological polar surface area (TPSA) is 131 Å². The van der Waals surface area contributed by atoms with Gasteiger partial charge in [0.25, 0.3) is 17.7 Å². The molecule has 0 radical (unpaired) electrons. The van der Waals surface area contributed by atoms with E-state index in [4.69, 9.17) is 8.83 Å². The van der Waals surface area contributed by atoms with Crippen molar-refractivity contribution in [1.82, 2.24) is 10.6 Å². The fourth-order valence-electron chi connectivity index (χ4n) is 3.10. The molecule has 3 amide bonds. The van der Waals surface area contributed by atoms with E-state index in [2.05, 4.69) is 31.9 Å². The number of carbonyl (C=O) groups excluding carboxylic acids is 3. The normalized spacial score (nSPS) is 10.6. The van der Waals surface area contributed by atoms with Crippen molar-refractivity contribution in [2.24, 2.45) is 0 Å². The van der Waals surface area contributed by atoms with E-state index in [0.717, 1.165) is 4.47 Å². The first-order chi connectivity index (χ1) is 16.4. The SMILES string of the molecule is O=C(NCCNC(=O)c1ccco1)c1ccc(NC(=O)c2cc3cc(Br)ccc3oc2=O)cc1. The van der Waals surface area contributed by atoms with Crippen LogP contribution in [0.25, 0.3) is 11.0 Å². The molecule has 0 spiro atoms. The van der Waals surface area contributed by atoms with Gasteiger partial charge in [0, 0.05) is 34.2 Å². The average Bonchev–Trinajstić information content (AvgIpc) is 3.37. The molecule has 0 saturated carbocycles. The molecule has 10 heteroatoms. The third kappa shape index (κ3) is 5.41. The van der Waals surface area contributed by atoms with Crippen LogP contribution < -0.4 is 21.6 Å². The number of furan rings is 1. The van der Waals surface area contributed by atoms with Crippen molar-refractivity contribution >= 4 is 50.3 Å². The van der Waals surface area contributed by atoms with E-state index in [9.17, 15) is 19.2 Å². The van der Waals surface area contributed by atoms with Crippen molar-refractivity contribution in [3.63, 3.8) is 0 Å². The largest absolute Gasteiger partial charge is 0.459 e. The Labute approximate surface area is 201 Å². The van der Waals surface area contributed by atoms with Gasteiger partial charge >= 0.3 is 5.63 Å². The number of nitrogens with one attached hydrogen (secondary N) is 3. The number of hydrogen-bond acceptors (Lipinski definition) is 6. The second-order valence-corrected chi connectivity index (χ2v) is 8.07. The molecule has 0 saturated heterocycles. The predicted molar refractivity (Wildman–Crippen MR) is 128 cm³/mol. The zero-order valence-electron chi connectivity index (χ0n) is 17.6. The first-order valence-corrected chi connectivity index (χ1v) is 10.9. The highest BCUT2D eigenvalue weighted by molar-refractivity contribution is 9.10. The molecule has 9 nitrogen and oxygen atoms in total. The molecule has 2 heterocycles. The summed E-state index contributed by atoms with van der Waals surface area (Å²) < 4.78 is 11.0. The molecule has 2 aromatic carbocycles. The number of rotatable bonds is 7. The maximum atomic E-state index is 12.6. The van der Waals surface area contributed by atoms with Crippen LogP contribution in [-0.4, -0.2) is 30.8 Å². The van der Waals surface area contributed by atoms with Crippen LogP contribution in [0.15, 0.2) is 85.0 Å². The number of amides is 3. The average molecular weight is 524 g/mol. The van der Waals surface area contributed by atoms with Crippen LogP contribution in [0, 0.1) is 0 Å². The molecule has 0 aliphatic rings. The van der Waals surface area contributed by atoms with Gasteiger partial charge in [-0.2, -0.15) is 0 Å². The lowest BCUT2D eigenvalue weighted by Gasteiger charge is -2.08. The minimum Gasteiger partial charge on any atom is -0.459 e. The molecule has 34 heavy (non-hydrogen) atoms. The molecule has 3 N–H and O–H groups in total. The summed E-state index contributed by atoms with van der Waals surface area (Å²) in [7, 11) is 0. The standard InChI is InChI=1S/C24H18BrN3O6/c25-16-5-8-19-15(12-16)13-18(24(32)34-19)22(30)28-17-6-3-14(4-7-17)21(29)26-9-10-27-23(31)20-2-1-11-33-20/h1-8,11-13H,9-10H2,(H,26,29)(H,27,31)(H,28,30). The highest BCUT2D eigenvalue weighted by atomic mass is 79.9. The molecular formula is C24H18BrN3O6. The summed E-state index contributed by atoms with van der Waals surface area (Å²) in [5.74, 6) is -1.14. The molecule has 4 aromatic rings. The van der Waals surface area contributed by atoms with E-state index in [0.29, 0.717) is 22.2 Å². The van der Waals surface area contributed by atoms with Crippen molar-refractivity contribution in [2.45, 2.75) is 0 Å². The van der Waals surface area contributed by atoms with E-state index in [1.165, 1.54) is 24.5 Å². The molecule has 0 aliphatic carbocycles. The van der Waals surface area contributed by atoms with Crippen LogP contribution in [0.1, 0.15) is 31.3 Å². The fraction of sp³-hybridized carbons (Fsp3) is 0.0833. The lowest BCUT2D eigenvalue weighted by Crippen LogP contribution is -2.34. The van der Waals surface area contributed by atoms with Crippen LogP contribution in [0.4, 0.5) is 5.69 Å². The monoisotopic (exact) mass is 523 g/mol. The Kier molecular flexibility index (Phi) is 6.88. The van der Waals surface area contributed by atoms with Crippen LogP contribution in [0.5, 0.6) is 0 Å². The first kappa shape index (κ1) is 23.0. The number of anilines is 1. The number of halogens is 1. The van der Waals surface area contributed by atoms with E-state index in [-0.39, 0.29) is 36.2 Å². The Morgan fingerprint density at radius 2 is 1.59 bits per heavy atom. The maximum Gasteiger partial charge on any atom is 0.349 e. The van der Waals surface area contributed by atoms with E-state index in [1.807, 2.05) is 0 Å². The smallest absolute Gasteiger partial charge is 0.349 e. The van der Waals surface area contributed by atoms with Crippen molar-refractivity contribution in [3.8, 4) is 0 Å². The number of benzene rings is 2. The maximum absolute atomic E-state index is 12.6. The van der Waals surface area contributed by atoms with Gasteiger partial charge in [0.15, 0.2) is 5.76 Å². The summed E-state index contributed by atoms with van der Waals surface area (Å²) in [6.07, 6.45) is 1.40. The highest BCUT2D eigenvalue weighted by Gasteiger charge is 2.15. The van der Waals surface area contributed by atoms with Gasteiger partial charge in [0.1, 0.15) is 11.1 Å². The van der Waals surface area contributed by atoms with Crippen LogP contribution in [-0.2, 0) is 0 Å². The van der Waals surface area contributed by atoms with Crippen molar-refractivity contribution < 1.29 is 23.2 Å². The summed E-state index contributed by atoms with van der Waals surface area (Å²) >= 11 is 3.34. The first-order valence-electron chi connectivity index (χ1n) is 10.2. The minimum absolute atomic E-state index is 0.135. The van der Waals surface area contributed by atoms with Crippen LogP contribution in [0.3, 0.4) is 0 Å². The van der Waals surface area contributed by atoms with Gasteiger partial charge in [-0.15, -0.1) is 0 Å². The van der Waals surface area contributed by atoms with Crippen molar-refractivity contribution in [1.29, 1.82) is 0 Å². The van der Waals surface area contributed by atoms with Crippen molar-refractivity contribution in [2.75, 3.05) is 18.4 Å². The Bertz CT molecular complexity index is 1410. The zero-order chi connectivity index (χ0) is 24.1. The lowest BCUT2D eigenvalue weighted by molar-refractivity contribution is 0.0910. The third-order valence-electron chi connectivity index (χ3n) is 4.78. The Morgan fingerprint density at radius 3 is 2.29 bits per heavy atom. The van der Waals surface area contributed by atoms with Gasteiger partial charge in [-0.3, -0.25) is 14.4 Å². The molecule has 2 aromatic heterocycles. The minimum atomic E-state index is -0.748. The molecular weight excluding hydrogens is 506 g/mol. The predicted octanol–water partition coefficient (Wildman–Crippen LogP) is 3.56. The Morgan fingerprint density at radius 1 is 0.853 bits per heavy atom. The number of fused-ring (bicyclic) bond motifs is 1. The summed E-state index contributed by atoms with van der Waals surface area (Å²) in [5, 5.41) is 8.54. The molecule has 0 aliphatic heterocycles. The van der Waals surface area contributed by atoms with Gasteiger partial charge in [0.05, 0.1) is 6.26 Å². The van der Waals surface area contributed by atoms with Crippen LogP contribution >= 0.6 is 15.9 Å². The fourth-order valence-corrected chi connectivity index (χ4v) is 3.48. The zero-order valence-corrected chi connectivity index (χ0v) is 19.2. The quantitative estimate of drug-likeness (QED) is 0.250. The van der Waals surface area contributed by atoms with Gasteiger partial charge in [0.2, 0.25) is 0 Å². The molecule has 4 rings (SSSR count). The summed E-state index contributed by atoms with van der Waals surface area (Å²) in [5.41, 5.74) is 0.263. The highest BCUT2D eigenvalue weighted by Crippen LogP contribution is 2.20. The van der Waals surface area contributed by atoms with Gasteiger partial charge in [-0.05, 0) is 60.7 Å². The lowest BCUT2D eigenvalue weighted by atomic mass is 10.1. The number of hydrogen-bond donors (Lipinski definition) is 3. The van der Waals surface area contributed by atoms with Gasteiger partial charge in [-0.25, -0.2) is 4.79 Å². The molecule has 0 unspecified atom stereocenters. The third-order valence-corrected chi connectivity index (χ3v) is 5.28. The van der Waals surface area contributed by atoms with Gasteiger partial charge < -0.3 is 24.8 Å². The van der Waals surface area contributed by atoms with Gasteiger partial charge in [-0.1, -0.05) is 15.9 Å². The Hall–Kier alpha value is -4.18.